The van der Waals surface area contributed by atoms with Gasteiger partial charge in [0, 0.05) is 45.6 Å². The summed E-state index contributed by atoms with van der Waals surface area (Å²) in [5, 5.41) is 0.0528. The molecule has 1 amide bonds. The monoisotopic (exact) mass is 363 g/mol. The molecule has 0 spiro atoms. The molecule has 1 fully saturated rings. The van der Waals surface area contributed by atoms with Crippen molar-refractivity contribution in [3.05, 3.63) is 42.1 Å². The van der Waals surface area contributed by atoms with Crippen LogP contribution in [0, 0.1) is 6.92 Å². The Morgan fingerprint density at radius 2 is 1.96 bits per heavy atom. The van der Waals surface area contributed by atoms with Crippen molar-refractivity contribution in [1.29, 1.82) is 0 Å². The van der Waals surface area contributed by atoms with Crippen LogP contribution in [-0.2, 0) is 17.1 Å². The number of aryl methyl sites for hydroxylation is 2. The van der Waals surface area contributed by atoms with E-state index >= 15 is 0 Å². The number of amides is 1. The molecule has 0 aliphatic carbocycles. The molecular weight excluding hydrogens is 342 g/mol. The van der Waals surface area contributed by atoms with Gasteiger partial charge in [-0.2, -0.15) is 4.31 Å². The van der Waals surface area contributed by atoms with Crippen molar-refractivity contribution in [1.82, 2.24) is 23.7 Å². The minimum atomic E-state index is -3.65. The predicted molar refractivity (Wildman–Crippen MR) is 91.5 cm³/mol. The standard InChI is InChI=1S/C16H21N5O3S/c1-13-18-15(12-19(13)2)25(23,24)21-9-5-8-20(10-11-21)16(22)14-6-3-4-7-17-14/h3-4,6-7,12H,5,8-11H2,1-2H3. The van der Waals surface area contributed by atoms with Gasteiger partial charge in [0.1, 0.15) is 11.5 Å². The minimum Gasteiger partial charge on any atom is -0.337 e. The lowest BCUT2D eigenvalue weighted by Gasteiger charge is -2.21. The van der Waals surface area contributed by atoms with E-state index in [4.69, 9.17) is 0 Å². The molecule has 9 heteroatoms. The van der Waals surface area contributed by atoms with Crippen LogP contribution in [0.3, 0.4) is 0 Å². The summed E-state index contributed by atoms with van der Waals surface area (Å²) < 4.78 is 28.7. The highest BCUT2D eigenvalue weighted by molar-refractivity contribution is 7.89. The van der Waals surface area contributed by atoms with E-state index in [9.17, 15) is 13.2 Å². The fourth-order valence-electron chi connectivity index (χ4n) is 2.77. The Morgan fingerprint density at radius 1 is 1.16 bits per heavy atom. The van der Waals surface area contributed by atoms with Crippen molar-refractivity contribution in [2.45, 2.75) is 18.4 Å². The maximum atomic E-state index is 12.8. The van der Waals surface area contributed by atoms with Gasteiger partial charge in [-0.15, -0.1) is 0 Å². The van der Waals surface area contributed by atoms with Crippen molar-refractivity contribution in [2.24, 2.45) is 7.05 Å². The van der Waals surface area contributed by atoms with Gasteiger partial charge in [0.25, 0.3) is 15.9 Å². The van der Waals surface area contributed by atoms with Crippen LogP contribution in [0.1, 0.15) is 22.7 Å². The Morgan fingerprint density at radius 3 is 2.60 bits per heavy atom. The van der Waals surface area contributed by atoms with E-state index in [1.807, 2.05) is 0 Å². The average molecular weight is 363 g/mol. The second-order valence-corrected chi connectivity index (χ2v) is 7.89. The molecule has 0 saturated carbocycles. The lowest BCUT2D eigenvalue weighted by Crippen LogP contribution is -2.37. The van der Waals surface area contributed by atoms with Crippen LogP contribution >= 0.6 is 0 Å². The van der Waals surface area contributed by atoms with Crippen LogP contribution in [-0.4, -0.2) is 64.2 Å². The molecule has 0 N–H and O–H groups in total. The van der Waals surface area contributed by atoms with Gasteiger partial charge in [-0.25, -0.2) is 13.4 Å². The molecule has 0 bridgehead atoms. The highest BCUT2D eigenvalue weighted by Gasteiger charge is 2.30. The number of aromatic nitrogens is 3. The lowest BCUT2D eigenvalue weighted by molar-refractivity contribution is 0.0758. The van der Waals surface area contributed by atoms with Gasteiger partial charge >= 0.3 is 0 Å². The van der Waals surface area contributed by atoms with E-state index < -0.39 is 10.0 Å². The molecule has 2 aromatic rings. The molecule has 3 rings (SSSR count). The topological polar surface area (TPSA) is 88.4 Å². The van der Waals surface area contributed by atoms with Crippen molar-refractivity contribution < 1.29 is 13.2 Å². The third kappa shape index (κ3) is 3.57. The van der Waals surface area contributed by atoms with E-state index in [0.717, 1.165) is 0 Å². The van der Waals surface area contributed by atoms with Crippen LogP contribution in [0.5, 0.6) is 0 Å². The van der Waals surface area contributed by atoms with Crippen molar-refractivity contribution >= 4 is 15.9 Å². The number of pyridine rings is 1. The Balaban J connectivity index is 1.74. The van der Waals surface area contributed by atoms with E-state index in [1.165, 1.54) is 10.5 Å². The van der Waals surface area contributed by atoms with Crippen molar-refractivity contribution in [3.63, 3.8) is 0 Å². The lowest BCUT2D eigenvalue weighted by atomic mass is 10.3. The van der Waals surface area contributed by atoms with Crippen molar-refractivity contribution in [3.8, 4) is 0 Å². The number of carbonyl (C=O) groups excluding carboxylic acids is 1. The number of sulfonamides is 1. The first-order chi connectivity index (χ1) is 11.9. The zero-order chi connectivity index (χ0) is 18.0. The first-order valence-electron chi connectivity index (χ1n) is 8.10. The van der Waals surface area contributed by atoms with Crippen LogP contribution < -0.4 is 0 Å². The van der Waals surface area contributed by atoms with Gasteiger partial charge in [0.2, 0.25) is 0 Å². The zero-order valence-electron chi connectivity index (χ0n) is 14.3. The first kappa shape index (κ1) is 17.6. The second-order valence-electron chi connectivity index (χ2n) is 6.00. The molecule has 1 aliphatic rings. The molecule has 3 heterocycles. The average Bonchev–Trinajstić information content (AvgIpc) is 2.82. The van der Waals surface area contributed by atoms with Crippen LogP contribution in [0.25, 0.3) is 0 Å². The molecule has 1 aliphatic heterocycles. The summed E-state index contributed by atoms with van der Waals surface area (Å²) >= 11 is 0. The Labute approximate surface area is 147 Å². The number of carbonyl (C=O) groups is 1. The Kier molecular flexibility index (Phi) is 4.87. The first-order valence-corrected chi connectivity index (χ1v) is 9.54. The smallest absolute Gasteiger partial charge is 0.272 e. The second kappa shape index (κ2) is 6.93. The fraction of sp³-hybridized carbons (Fsp3) is 0.438. The molecule has 0 aromatic carbocycles. The van der Waals surface area contributed by atoms with E-state index in [1.54, 1.807) is 47.8 Å². The predicted octanol–water partition coefficient (Wildman–Crippen LogP) is 0.660. The van der Waals surface area contributed by atoms with Crippen molar-refractivity contribution in [2.75, 3.05) is 26.2 Å². The molecule has 1 saturated heterocycles. The van der Waals surface area contributed by atoms with Crippen LogP contribution in [0.15, 0.2) is 35.6 Å². The Bertz CT molecular complexity index is 844. The van der Waals surface area contributed by atoms with Gasteiger partial charge in [0.05, 0.1) is 0 Å². The summed E-state index contributed by atoms with van der Waals surface area (Å²) in [7, 11) is -1.89. The quantitative estimate of drug-likeness (QED) is 0.799. The van der Waals surface area contributed by atoms with E-state index in [-0.39, 0.29) is 17.5 Å². The fourth-order valence-corrected chi connectivity index (χ4v) is 4.27. The number of imidazole rings is 1. The summed E-state index contributed by atoms with van der Waals surface area (Å²) in [5.41, 5.74) is 0.374. The van der Waals surface area contributed by atoms with Gasteiger partial charge < -0.3 is 9.47 Å². The third-order valence-corrected chi connectivity index (χ3v) is 6.09. The summed E-state index contributed by atoms with van der Waals surface area (Å²) in [5.74, 6) is 0.467. The normalized spacial score (nSPS) is 16.6. The SMILES string of the molecule is Cc1nc(S(=O)(=O)N2CCCN(C(=O)c3ccccn3)CC2)cn1C. The van der Waals surface area contributed by atoms with E-state index in [2.05, 4.69) is 9.97 Å². The van der Waals surface area contributed by atoms with E-state index in [0.29, 0.717) is 37.6 Å². The maximum absolute atomic E-state index is 12.8. The molecule has 8 nitrogen and oxygen atoms in total. The molecule has 0 radical (unpaired) electrons. The minimum absolute atomic E-state index is 0.0528. The highest BCUT2D eigenvalue weighted by Crippen LogP contribution is 2.17. The summed E-state index contributed by atoms with van der Waals surface area (Å²) in [6.07, 6.45) is 3.67. The number of hydrogen-bond donors (Lipinski definition) is 0. The molecule has 25 heavy (non-hydrogen) atoms. The molecule has 0 atom stereocenters. The summed E-state index contributed by atoms with van der Waals surface area (Å²) in [6.45, 7) is 3.21. The van der Waals surface area contributed by atoms with Gasteiger partial charge in [0.15, 0.2) is 5.03 Å². The molecule has 0 unspecified atom stereocenters. The summed E-state index contributed by atoms with van der Waals surface area (Å²) in [6, 6.07) is 5.18. The van der Waals surface area contributed by atoms with Gasteiger partial charge in [-0.05, 0) is 25.5 Å². The van der Waals surface area contributed by atoms with Gasteiger partial charge in [-0.1, -0.05) is 6.07 Å². The number of hydrogen-bond acceptors (Lipinski definition) is 5. The molecule has 2 aromatic heterocycles. The van der Waals surface area contributed by atoms with Crippen LogP contribution in [0.2, 0.25) is 0 Å². The number of nitrogens with zero attached hydrogens (tertiary/aromatic N) is 5. The Hall–Kier alpha value is -2.26. The third-order valence-electron chi connectivity index (χ3n) is 4.32. The highest BCUT2D eigenvalue weighted by atomic mass is 32.2. The maximum Gasteiger partial charge on any atom is 0.272 e. The summed E-state index contributed by atoms with van der Waals surface area (Å²) in [4.78, 5) is 22.4. The number of rotatable bonds is 3. The largest absolute Gasteiger partial charge is 0.337 e. The van der Waals surface area contributed by atoms with Crippen LogP contribution in [0.4, 0.5) is 0 Å². The molecular formula is C16H21N5O3S. The molecule has 134 valence electrons. The van der Waals surface area contributed by atoms with Gasteiger partial charge in [-0.3, -0.25) is 9.78 Å². The zero-order valence-corrected chi connectivity index (χ0v) is 15.1.